The number of aryl methyl sites for hydroxylation is 1. The molecule has 6 heteroatoms. The van der Waals surface area contributed by atoms with E-state index in [0.717, 1.165) is 44.9 Å². The molecule has 1 aromatic heterocycles. The van der Waals surface area contributed by atoms with E-state index >= 15 is 0 Å². The number of anilines is 2. The van der Waals surface area contributed by atoms with Crippen molar-refractivity contribution in [3.8, 4) is 11.3 Å². The third kappa shape index (κ3) is 4.69. The molecule has 0 bridgehead atoms. The highest BCUT2D eigenvalue weighted by atomic mass is 32.1. The van der Waals surface area contributed by atoms with Crippen molar-refractivity contribution in [3.05, 3.63) is 100 Å². The first kappa shape index (κ1) is 23.9. The molecule has 0 saturated heterocycles. The fourth-order valence-corrected chi connectivity index (χ4v) is 5.61. The molecule has 4 aromatic rings. The first-order chi connectivity index (χ1) is 17.4. The molecule has 5 rings (SSSR count). The Morgan fingerprint density at radius 2 is 1.58 bits per heavy atom. The Hall–Kier alpha value is -3.77. The number of nitrogens with one attached hydrogen (secondary N) is 1. The second-order valence-corrected chi connectivity index (χ2v) is 10.6. The van der Waals surface area contributed by atoms with E-state index < -0.39 is 5.92 Å². The lowest BCUT2D eigenvalue weighted by molar-refractivity contribution is -0.121. The number of amides is 2. The highest BCUT2D eigenvalue weighted by Crippen LogP contribution is 2.37. The van der Waals surface area contributed by atoms with E-state index in [-0.39, 0.29) is 17.7 Å². The van der Waals surface area contributed by atoms with E-state index in [4.69, 9.17) is 4.98 Å². The second-order valence-electron chi connectivity index (χ2n) is 9.41. The van der Waals surface area contributed by atoms with Gasteiger partial charge in [-0.3, -0.25) is 9.59 Å². The van der Waals surface area contributed by atoms with Gasteiger partial charge in [0.15, 0.2) is 5.13 Å². The fraction of sp³-hybridized carbons (Fsp3) is 0.233. The lowest BCUT2D eigenvalue weighted by Gasteiger charge is -2.19. The Bertz CT molecular complexity index is 1360. The van der Waals surface area contributed by atoms with Crippen molar-refractivity contribution >= 4 is 34.0 Å². The maximum Gasteiger partial charge on any atom is 0.238 e. The number of fused-ring (bicyclic) bond motifs is 1. The minimum absolute atomic E-state index is 0.0295. The number of thiazole rings is 1. The molecule has 0 radical (unpaired) electrons. The number of aromatic nitrogens is 1. The molecule has 36 heavy (non-hydrogen) atoms. The van der Waals surface area contributed by atoms with Crippen LogP contribution in [0.5, 0.6) is 0 Å². The second kappa shape index (κ2) is 10.1. The number of nitrogens with zero attached hydrogens (tertiary/aromatic N) is 2. The van der Waals surface area contributed by atoms with Crippen LogP contribution in [0.3, 0.4) is 0 Å². The molecule has 0 spiro atoms. The van der Waals surface area contributed by atoms with E-state index in [1.54, 1.807) is 0 Å². The quantitative estimate of drug-likeness (QED) is 0.335. The average molecular weight is 496 g/mol. The van der Waals surface area contributed by atoms with Crippen LogP contribution in [-0.2, 0) is 16.0 Å². The Morgan fingerprint density at radius 3 is 2.19 bits per heavy atom. The maximum atomic E-state index is 13.5. The summed E-state index contributed by atoms with van der Waals surface area (Å²) in [5.74, 6) is -0.407. The summed E-state index contributed by atoms with van der Waals surface area (Å²) in [7, 11) is 0. The highest BCUT2D eigenvalue weighted by Gasteiger charge is 2.27. The van der Waals surface area contributed by atoms with E-state index in [1.807, 2.05) is 98.5 Å². The monoisotopic (exact) mass is 495 g/mol. The molecule has 0 atom stereocenters. The summed E-state index contributed by atoms with van der Waals surface area (Å²) in [5.41, 5.74) is 5.90. The lowest BCUT2D eigenvalue weighted by atomic mass is 9.90. The molecule has 1 N–H and O–H groups in total. The Labute approximate surface area is 215 Å². The van der Waals surface area contributed by atoms with Crippen LogP contribution in [0.2, 0.25) is 0 Å². The van der Waals surface area contributed by atoms with Crippen LogP contribution in [0.4, 0.5) is 10.8 Å². The minimum Gasteiger partial charge on any atom is -0.312 e. The van der Waals surface area contributed by atoms with Gasteiger partial charge in [0.2, 0.25) is 11.8 Å². The van der Waals surface area contributed by atoms with E-state index in [0.29, 0.717) is 11.7 Å². The summed E-state index contributed by atoms with van der Waals surface area (Å²) in [5, 5.41) is 3.66. The van der Waals surface area contributed by atoms with Gasteiger partial charge >= 0.3 is 0 Å². The van der Waals surface area contributed by atoms with Gasteiger partial charge in [0, 0.05) is 28.6 Å². The van der Waals surface area contributed by atoms with E-state index in [2.05, 4.69) is 11.4 Å². The van der Waals surface area contributed by atoms with Gasteiger partial charge in [-0.2, -0.15) is 0 Å². The van der Waals surface area contributed by atoms with Gasteiger partial charge in [0.1, 0.15) is 0 Å². The first-order valence-electron chi connectivity index (χ1n) is 12.2. The summed E-state index contributed by atoms with van der Waals surface area (Å²) in [6.07, 6.45) is 0.838. The van der Waals surface area contributed by atoms with Crippen LogP contribution in [0.25, 0.3) is 11.3 Å². The molecule has 182 valence electrons. The number of carbonyl (C=O) groups excluding carboxylic acids is 2. The number of benzene rings is 3. The Morgan fingerprint density at radius 1 is 0.944 bits per heavy atom. The molecule has 1 aliphatic heterocycles. The zero-order valence-electron chi connectivity index (χ0n) is 20.7. The highest BCUT2D eigenvalue weighted by molar-refractivity contribution is 7.16. The summed E-state index contributed by atoms with van der Waals surface area (Å²) in [6, 6.07) is 25.8. The summed E-state index contributed by atoms with van der Waals surface area (Å²) in [4.78, 5) is 33.8. The number of carbonyl (C=O) groups is 2. The molecular weight excluding hydrogens is 466 g/mol. The zero-order chi connectivity index (χ0) is 25.2. The van der Waals surface area contributed by atoms with Gasteiger partial charge < -0.3 is 10.2 Å². The van der Waals surface area contributed by atoms with Gasteiger partial charge in [0.05, 0.1) is 11.6 Å². The zero-order valence-corrected chi connectivity index (χ0v) is 21.5. The average Bonchev–Trinajstić information content (AvgIpc) is 3.47. The van der Waals surface area contributed by atoms with Crippen LogP contribution < -0.4 is 10.2 Å². The third-order valence-corrected chi connectivity index (χ3v) is 7.45. The van der Waals surface area contributed by atoms with Gasteiger partial charge in [-0.15, -0.1) is 11.3 Å². The van der Waals surface area contributed by atoms with Crippen LogP contribution in [0, 0.1) is 12.8 Å². The maximum absolute atomic E-state index is 13.5. The molecule has 5 nitrogen and oxygen atoms in total. The van der Waals surface area contributed by atoms with Crippen molar-refractivity contribution in [3.63, 3.8) is 0 Å². The predicted octanol–water partition coefficient (Wildman–Crippen LogP) is 6.43. The number of hydrogen-bond donors (Lipinski definition) is 1. The van der Waals surface area contributed by atoms with Crippen molar-refractivity contribution in [1.29, 1.82) is 0 Å². The van der Waals surface area contributed by atoms with Gasteiger partial charge in [0.25, 0.3) is 0 Å². The van der Waals surface area contributed by atoms with Gasteiger partial charge in [-0.05, 0) is 42.2 Å². The molecule has 2 heterocycles. The largest absolute Gasteiger partial charge is 0.312 e. The van der Waals surface area contributed by atoms with Crippen LogP contribution in [0.15, 0.2) is 78.9 Å². The third-order valence-electron chi connectivity index (χ3n) is 6.56. The fourth-order valence-electron chi connectivity index (χ4n) is 4.77. The van der Waals surface area contributed by atoms with Crippen LogP contribution in [-0.4, -0.2) is 23.3 Å². The molecule has 1 aliphatic rings. The summed E-state index contributed by atoms with van der Waals surface area (Å²) >= 11 is 1.48. The molecule has 0 fully saturated rings. The van der Waals surface area contributed by atoms with Crippen molar-refractivity contribution in [2.24, 2.45) is 5.92 Å². The SMILES string of the molecule is Cc1sc(NC(=O)C(c2ccccc2)c2ccccc2)nc1-c1ccc2c(c1)CCN2C(=O)C(C)C. The van der Waals surface area contributed by atoms with Gasteiger partial charge in [-0.1, -0.05) is 80.6 Å². The summed E-state index contributed by atoms with van der Waals surface area (Å²) < 4.78 is 0. The first-order valence-corrected chi connectivity index (χ1v) is 13.1. The van der Waals surface area contributed by atoms with Crippen molar-refractivity contribution in [1.82, 2.24) is 4.98 Å². The molecule has 2 amide bonds. The predicted molar refractivity (Wildman–Crippen MR) is 147 cm³/mol. The Balaban J connectivity index is 1.40. The summed E-state index contributed by atoms with van der Waals surface area (Å²) in [6.45, 7) is 6.61. The lowest BCUT2D eigenvalue weighted by Crippen LogP contribution is -2.32. The molecule has 0 aliphatic carbocycles. The van der Waals surface area contributed by atoms with Gasteiger partial charge in [-0.25, -0.2) is 4.98 Å². The van der Waals surface area contributed by atoms with E-state index in [9.17, 15) is 9.59 Å². The van der Waals surface area contributed by atoms with Crippen LogP contribution >= 0.6 is 11.3 Å². The van der Waals surface area contributed by atoms with Crippen LogP contribution in [0.1, 0.15) is 41.3 Å². The number of hydrogen-bond acceptors (Lipinski definition) is 4. The Kier molecular flexibility index (Phi) is 6.70. The topological polar surface area (TPSA) is 62.3 Å². The molecular formula is C30H29N3O2S. The molecule has 3 aromatic carbocycles. The smallest absolute Gasteiger partial charge is 0.238 e. The van der Waals surface area contributed by atoms with Crippen molar-refractivity contribution in [2.45, 2.75) is 33.1 Å². The molecule has 0 unspecified atom stereocenters. The number of rotatable bonds is 6. The normalized spacial score (nSPS) is 12.8. The van der Waals surface area contributed by atoms with Crippen molar-refractivity contribution in [2.75, 3.05) is 16.8 Å². The minimum atomic E-state index is -0.426. The van der Waals surface area contributed by atoms with Crippen molar-refractivity contribution < 1.29 is 9.59 Å². The standard InChI is InChI=1S/C30H29N3O2S/c1-19(2)29(35)33-17-16-23-18-24(14-15-25(23)33)27-20(3)36-30(31-27)32-28(34)26(21-10-6-4-7-11-21)22-12-8-5-9-13-22/h4-15,18-19,26H,16-17H2,1-3H3,(H,31,32,34). The molecule has 0 saturated carbocycles. The van der Waals surface area contributed by atoms with E-state index in [1.165, 1.54) is 11.3 Å².